The number of halogens is 3. The number of phenols is 1. The van der Waals surface area contributed by atoms with Gasteiger partial charge in [-0.05, 0) is 36.6 Å². The van der Waals surface area contributed by atoms with Crippen molar-refractivity contribution in [3.8, 4) is 17.0 Å². The zero-order valence-corrected chi connectivity index (χ0v) is 16.4. The van der Waals surface area contributed by atoms with Gasteiger partial charge in [0.25, 0.3) is 0 Å². The SMILES string of the molecule is COC[C@H]1N(c2cccc(-c3cccc(C(F)(F)F)c3O)n2)CC2C[C@@]21C(=O)OC. The Hall–Kier alpha value is -2.81. The number of hydrogen-bond donors (Lipinski definition) is 1. The fourth-order valence-corrected chi connectivity index (χ4v) is 4.57. The van der Waals surface area contributed by atoms with Crippen LogP contribution in [0, 0.1) is 11.3 Å². The van der Waals surface area contributed by atoms with Gasteiger partial charge in [0.1, 0.15) is 11.6 Å². The quantitative estimate of drug-likeness (QED) is 0.744. The number of carbonyl (C=O) groups is 1. The van der Waals surface area contributed by atoms with Gasteiger partial charge in [-0.25, -0.2) is 4.98 Å². The van der Waals surface area contributed by atoms with Crippen molar-refractivity contribution in [2.75, 3.05) is 32.3 Å². The Morgan fingerprint density at radius 3 is 2.67 bits per heavy atom. The Kier molecular flexibility index (Phi) is 4.88. The molecule has 1 saturated carbocycles. The molecule has 0 spiro atoms. The summed E-state index contributed by atoms with van der Waals surface area (Å²) in [5, 5.41) is 10.2. The van der Waals surface area contributed by atoms with E-state index in [0.717, 1.165) is 6.07 Å². The van der Waals surface area contributed by atoms with Gasteiger partial charge < -0.3 is 19.5 Å². The van der Waals surface area contributed by atoms with Crippen molar-refractivity contribution in [3.63, 3.8) is 0 Å². The number of fused-ring (bicyclic) bond motifs is 1. The fourth-order valence-electron chi connectivity index (χ4n) is 4.57. The van der Waals surface area contributed by atoms with Crippen molar-refractivity contribution in [2.45, 2.75) is 18.6 Å². The molecule has 1 aliphatic carbocycles. The molecule has 4 rings (SSSR count). The molecule has 1 aromatic heterocycles. The first-order chi connectivity index (χ1) is 14.2. The van der Waals surface area contributed by atoms with Gasteiger partial charge in [0.15, 0.2) is 0 Å². The zero-order valence-electron chi connectivity index (χ0n) is 16.4. The van der Waals surface area contributed by atoms with Crippen LogP contribution >= 0.6 is 0 Å². The molecule has 6 nitrogen and oxygen atoms in total. The van der Waals surface area contributed by atoms with Gasteiger partial charge in [0.2, 0.25) is 0 Å². The Balaban J connectivity index is 1.71. The molecule has 160 valence electrons. The second kappa shape index (κ2) is 7.16. The number of rotatable bonds is 5. The molecule has 0 radical (unpaired) electrons. The molecule has 3 atom stereocenters. The number of ether oxygens (including phenoxy) is 2. The van der Waals surface area contributed by atoms with Crippen molar-refractivity contribution in [1.29, 1.82) is 0 Å². The first-order valence-electron chi connectivity index (χ1n) is 9.44. The molecule has 30 heavy (non-hydrogen) atoms. The van der Waals surface area contributed by atoms with Crippen molar-refractivity contribution >= 4 is 11.8 Å². The van der Waals surface area contributed by atoms with Crippen LogP contribution in [0.15, 0.2) is 36.4 Å². The van der Waals surface area contributed by atoms with E-state index in [0.29, 0.717) is 18.8 Å². The van der Waals surface area contributed by atoms with E-state index in [1.807, 2.05) is 4.90 Å². The summed E-state index contributed by atoms with van der Waals surface area (Å²) in [6.45, 7) is 0.848. The summed E-state index contributed by atoms with van der Waals surface area (Å²) in [6.07, 6.45) is -3.97. The summed E-state index contributed by atoms with van der Waals surface area (Å²) in [5.74, 6) is -0.540. The summed E-state index contributed by atoms with van der Waals surface area (Å²) in [4.78, 5) is 18.9. The Morgan fingerprint density at radius 1 is 1.27 bits per heavy atom. The fraction of sp³-hybridized carbons (Fsp3) is 0.429. The number of carbonyl (C=O) groups excluding carboxylic acids is 1. The molecule has 2 aromatic rings. The number of benzene rings is 1. The van der Waals surface area contributed by atoms with E-state index < -0.39 is 22.9 Å². The average molecular weight is 422 g/mol. The maximum absolute atomic E-state index is 13.2. The Bertz CT molecular complexity index is 981. The zero-order chi connectivity index (χ0) is 21.7. The Labute approximate surface area is 171 Å². The number of aromatic hydroxyl groups is 1. The first-order valence-corrected chi connectivity index (χ1v) is 9.44. The molecule has 2 heterocycles. The summed E-state index contributed by atoms with van der Waals surface area (Å²) in [7, 11) is 2.90. The summed E-state index contributed by atoms with van der Waals surface area (Å²) >= 11 is 0. The topological polar surface area (TPSA) is 71.9 Å². The molecule has 0 amide bonds. The predicted octanol–water partition coefficient (Wildman–Crippen LogP) is 3.49. The minimum Gasteiger partial charge on any atom is -0.507 e. The third-order valence-corrected chi connectivity index (χ3v) is 6.08. The van der Waals surface area contributed by atoms with Crippen LogP contribution in [0.2, 0.25) is 0 Å². The lowest BCUT2D eigenvalue weighted by atomic mass is 9.96. The lowest BCUT2D eigenvalue weighted by Gasteiger charge is -2.31. The number of alkyl halides is 3. The van der Waals surface area contributed by atoms with Gasteiger partial charge in [-0.1, -0.05) is 12.1 Å². The highest BCUT2D eigenvalue weighted by molar-refractivity contribution is 5.84. The van der Waals surface area contributed by atoms with Gasteiger partial charge in [-0.2, -0.15) is 13.2 Å². The van der Waals surface area contributed by atoms with Crippen molar-refractivity contribution < 1.29 is 32.5 Å². The van der Waals surface area contributed by atoms with E-state index in [-0.39, 0.29) is 35.8 Å². The highest BCUT2D eigenvalue weighted by atomic mass is 19.4. The first kappa shape index (κ1) is 20.5. The normalized spacial score (nSPS) is 25.2. The summed E-state index contributed by atoms with van der Waals surface area (Å²) in [5.41, 5.74) is -1.57. The molecule has 1 unspecified atom stereocenters. The van der Waals surface area contributed by atoms with E-state index in [1.165, 1.54) is 25.3 Å². The number of anilines is 1. The number of pyridine rings is 1. The van der Waals surface area contributed by atoms with Crippen LogP contribution in [0.25, 0.3) is 11.3 Å². The smallest absolute Gasteiger partial charge is 0.419 e. The van der Waals surface area contributed by atoms with Crippen molar-refractivity contribution in [1.82, 2.24) is 4.98 Å². The monoisotopic (exact) mass is 422 g/mol. The molecule has 1 N–H and O–H groups in total. The molecule has 0 bridgehead atoms. The van der Waals surface area contributed by atoms with E-state index in [1.54, 1.807) is 19.2 Å². The van der Waals surface area contributed by atoms with Crippen molar-refractivity contribution in [2.24, 2.45) is 11.3 Å². The van der Waals surface area contributed by atoms with Crippen LogP contribution < -0.4 is 4.90 Å². The van der Waals surface area contributed by atoms with E-state index in [4.69, 9.17) is 9.47 Å². The van der Waals surface area contributed by atoms with Crippen LogP contribution in [-0.4, -0.2) is 49.5 Å². The number of piperidine rings is 1. The molecule has 1 aromatic carbocycles. The van der Waals surface area contributed by atoms with Crippen LogP contribution in [0.3, 0.4) is 0 Å². The van der Waals surface area contributed by atoms with Gasteiger partial charge in [0.05, 0.1) is 36.4 Å². The van der Waals surface area contributed by atoms with Crippen molar-refractivity contribution in [3.05, 3.63) is 42.0 Å². The minimum absolute atomic E-state index is 0.0120. The van der Waals surface area contributed by atoms with Crippen LogP contribution in [0.4, 0.5) is 19.0 Å². The molecular weight excluding hydrogens is 401 g/mol. The number of hydrogen-bond acceptors (Lipinski definition) is 6. The Morgan fingerprint density at radius 2 is 2.00 bits per heavy atom. The van der Waals surface area contributed by atoms with E-state index >= 15 is 0 Å². The number of para-hydroxylation sites is 1. The van der Waals surface area contributed by atoms with Gasteiger partial charge >= 0.3 is 12.1 Å². The largest absolute Gasteiger partial charge is 0.507 e. The molecule has 1 saturated heterocycles. The highest BCUT2D eigenvalue weighted by Crippen LogP contribution is 2.62. The molecule has 2 aliphatic rings. The number of esters is 1. The van der Waals surface area contributed by atoms with Gasteiger partial charge in [0, 0.05) is 19.2 Å². The molecular formula is C21H21F3N2O4. The second-order valence-corrected chi connectivity index (χ2v) is 7.64. The lowest BCUT2D eigenvalue weighted by Crippen LogP contribution is -2.44. The summed E-state index contributed by atoms with van der Waals surface area (Å²) in [6, 6.07) is 8.08. The minimum atomic E-state index is -4.68. The second-order valence-electron chi connectivity index (χ2n) is 7.64. The molecule has 2 fully saturated rings. The maximum Gasteiger partial charge on any atom is 0.419 e. The third kappa shape index (κ3) is 3.08. The highest BCUT2D eigenvalue weighted by Gasteiger charge is 2.71. The number of nitrogens with zero attached hydrogens (tertiary/aromatic N) is 2. The van der Waals surface area contributed by atoms with E-state index in [9.17, 15) is 23.1 Å². The van der Waals surface area contributed by atoms with Gasteiger partial charge in [-0.15, -0.1) is 0 Å². The average Bonchev–Trinajstić information content (AvgIpc) is 3.36. The number of phenolic OH excluding ortho intramolecular Hbond substituents is 1. The lowest BCUT2D eigenvalue weighted by molar-refractivity contribution is -0.148. The predicted molar refractivity (Wildman–Crippen MR) is 102 cm³/mol. The van der Waals surface area contributed by atoms with Crippen LogP contribution in [-0.2, 0) is 20.4 Å². The third-order valence-electron chi connectivity index (χ3n) is 6.08. The summed E-state index contributed by atoms with van der Waals surface area (Å²) < 4.78 is 49.8. The van der Waals surface area contributed by atoms with Crippen LogP contribution in [0.5, 0.6) is 5.75 Å². The van der Waals surface area contributed by atoms with Crippen LogP contribution in [0.1, 0.15) is 12.0 Å². The maximum atomic E-state index is 13.2. The van der Waals surface area contributed by atoms with E-state index in [2.05, 4.69) is 4.98 Å². The standard InChI is InChI=1S/C21H21F3N2O4/c1-29-11-16-20(19(28)30-2)9-12(20)10-26(16)17-8-4-7-15(25-17)13-5-3-6-14(18(13)27)21(22,23)24/h3-8,12,16,27H,9-11H2,1-2H3/t12?,16-,20-/m1/s1. The molecule has 9 heteroatoms. The number of aromatic nitrogens is 1. The molecule has 1 aliphatic heterocycles. The number of methoxy groups -OCH3 is 2. The van der Waals surface area contributed by atoms with Gasteiger partial charge in [-0.3, -0.25) is 4.79 Å².